The number of hydrogen-bond donors (Lipinski definition) is 2. The van der Waals surface area contributed by atoms with E-state index in [0.717, 1.165) is 5.57 Å². The van der Waals surface area contributed by atoms with Crippen molar-refractivity contribution in [3.63, 3.8) is 0 Å². The van der Waals surface area contributed by atoms with E-state index in [2.05, 4.69) is 6.58 Å². The third-order valence-electron chi connectivity index (χ3n) is 4.31. The molecule has 3 aromatic rings. The predicted octanol–water partition coefficient (Wildman–Crippen LogP) is 4.21. The van der Waals surface area contributed by atoms with Crippen molar-refractivity contribution in [2.24, 2.45) is 0 Å². The highest BCUT2D eigenvalue weighted by Crippen LogP contribution is 2.38. The first-order valence-corrected chi connectivity index (χ1v) is 8.15. The van der Waals surface area contributed by atoms with Gasteiger partial charge in [-0.15, -0.1) is 6.58 Å². The molecule has 7 nitrogen and oxygen atoms in total. The predicted molar refractivity (Wildman–Crippen MR) is 100 cm³/mol. The van der Waals surface area contributed by atoms with Gasteiger partial charge < -0.3 is 14.6 Å². The summed E-state index contributed by atoms with van der Waals surface area (Å²) in [6.07, 6.45) is 0.347. The second-order valence-electron chi connectivity index (χ2n) is 6.39. The Balaban J connectivity index is 2.21. The lowest BCUT2D eigenvalue weighted by Gasteiger charge is -2.18. The number of nitro benzene ring substituents is 1. The average Bonchev–Trinajstić information content (AvgIpc) is 2.60. The van der Waals surface area contributed by atoms with E-state index in [1.165, 1.54) is 30.3 Å². The number of allylic oxidation sites excluding steroid dienone is 1. The molecule has 0 bridgehead atoms. The Morgan fingerprint density at radius 1 is 1.22 bits per heavy atom. The summed E-state index contributed by atoms with van der Waals surface area (Å²) in [5.41, 5.74) is 0.685. The van der Waals surface area contributed by atoms with Gasteiger partial charge in [0.25, 0.3) is 5.69 Å². The van der Waals surface area contributed by atoms with Crippen molar-refractivity contribution in [2.45, 2.75) is 19.3 Å². The van der Waals surface area contributed by atoms with Crippen LogP contribution in [0.15, 0.2) is 63.8 Å². The minimum atomic E-state index is -0.741. The monoisotopic (exact) mass is 367 g/mol. The molecule has 0 radical (unpaired) electrons. The second-order valence-corrected chi connectivity index (χ2v) is 6.39. The van der Waals surface area contributed by atoms with Gasteiger partial charge in [0, 0.05) is 24.1 Å². The number of nitro groups is 1. The van der Waals surface area contributed by atoms with Gasteiger partial charge in [-0.2, -0.15) is 0 Å². The summed E-state index contributed by atoms with van der Waals surface area (Å²) in [7, 11) is 0. The highest BCUT2D eigenvalue weighted by atomic mass is 16.6. The minimum Gasteiger partial charge on any atom is -0.508 e. The fourth-order valence-electron chi connectivity index (χ4n) is 3.06. The highest BCUT2D eigenvalue weighted by Gasteiger charge is 2.25. The fraction of sp³-hybridized carbons (Fsp3) is 0.150. The normalized spacial score (nSPS) is 12.0. The molecule has 2 N–H and O–H groups in total. The zero-order valence-electron chi connectivity index (χ0n) is 14.5. The van der Waals surface area contributed by atoms with Gasteiger partial charge in [0.2, 0.25) is 0 Å². The van der Waals surface area contributed by atoms with Crippen LogP contribution >= 0.6 is 0 Å². The van der Waals surface area contributed by atoms with Gasteiger partial charge in [-0.1, -0.05) is 17.7 Å². The third kappa shape index (κ3) is 3.52. The minimum absolute atomic E-state index is 0.0463. The van der Waals surface area contributed by atoms with Gasteiger partial charge in [0.05, 0.1) is 15.9 Å². The zero-order chi connectivity index (χ0) is 19.7. The molecule has 0 aliphatic rings. The van der Waals surface area contributed by atoms with Crippen LogP contribution in [0.2, 0.25) is 0 Å². The Morgan fingerprint density at radius 2 is 1.89 bits per heavy atom. The van der Waals surface area contributed by atoms with Crippen molar-refractivity contribution >= 4 is 16.7 Å². The molecule has 1 atom stereocenters. The number of phenolic OH excluding ortho intramolecular Hbond substituents is 1. The summed E-state index contributed by atoms with van der Waals surface area (Å²) in [5.74, 6) is -0.921. The Kier molecular flexibility index (Phi) is 4.68. The van der Waals surface area contributed by atoms with Crippen LogP contribution in [0.1, 0.15) is 30.4 Å². The molecule has 0 amide bonds. The number of rotatable bonds is 5. The Hall–Kier alpha value is -3.61. The van der Waals surface area contributed by atoms with Crippen LogP contribution in [0, 0.1) is 10.1 Å². The zero-order valence-corrected chi connectivity index (χ0v) is 14.5. The Morgan fingerprint density at radius 3 is 2.48 bits per heavy atom. The number of phenols is 1. The molecule has 3 rings (SSSR count). The molecule has 0 saturated heterocycles. The Labute approximate surface area is 154 Å². The maximum atomic E-state index is 12.6. The maximum Gasteiger partial charge on any atom is 0.343 e. The SMILES string of the molecule is C=C(C)CC(c1ccc([N+](=O)[O-])cc1)c1c(O)c2ccc(O)cc2oc1=O. The fourth-order valence-corrected chi connectivity index (χ4v) is 3.06. The van der Waals surface area contributed by atoms with Gasteiger partial charge in [-0.25, -0.2) is 4.79 Å². The topological polar surface area (TPSA) is 114 Å². The van der Waals surface area contributed by atoms with E-state index < -0.39 is 16.5 Å². The summed E-state index contributed by atoms with van der Waals surface area (Å²) < 4.78 is 5.29. The van der Waals surface area contributed by atoms with Gasteiger partial charge in [-0.05, 0) is 31.0 Å². The van der Waals surface area contributed by atoms with E-state index in [-0.39, 0.29) is 33.7 Å². The van der Waals surface area contributed by atoms with E-state index in [1.54, 1.807) is 19.1 Å². The van der Waals surface area contributed by atoms with Gasteiger partial charge >= 0.3 is 5.63 Å². The molecule has 2 aromatic carbocycles. The number of nitrogens with zero attached hydrogens (tertiary/aromatic N) is 1. The number of benzene rings is 2. The van der Waals surface area contributed by atoms with Crippen LogP contribution in [-0.2, 0) is 0 Å². The lowest BCUT2D eigenvalue weighted by Crippen LogP contribution is -2.15. The molecule has 0 saturated carbocycles. The van der Waals surface area contributed by atoms with E-state index in [4.69, 9.17) is 4.42 Å². The molecular weight excluding hydrogens is 350 g/mol. The molecule has 1 unspecified atom stereocenters. The molecule has 0 fully saturated rings. The molecular formula is C20H17NO6. The lowest BCUT2D eigenvalue weighted by molar-refractivity contribution is -0.384. The van der Waals surface area contributed by atoms with E-state index in [9.17, 15) is 25.1 Å². The van der Waals surface area contributed by atoms with Crippen molar-refractivity contribution in [3.05, 3.63) is 86.3 Å². The van der Waals surface area contributed by atoms with Crippen molar-refractivity contribution in [2.75, 3.05) is 0 Å². The smallest absolute Gasteiger partial charge is 0.343 e. The number of non-ortho nitro benzene ring substituents is 1. The van der Waals surface area contributed by atoms with Crippen molar-refractivity contribution in [1.82, 2.24) is 0 Å². The first-order chi connectivity index (χ1) is 12.8. The molecule has 0 aliphatic carbocycles. The van der Waals surface area contributed by atoms with Crippen LogP contribution in [0.4, 0.5) is 5.69 Å². The quantitative estimate of drug-likeness (QED) is 0.302. The molecule has 0 aliphatic heterocycles. The molecule has 1 heterocycles. The van der Waals surface area contributed by atoms with Gasteiger partial charge in [-0.3, -0.25) is 10.1 Å². The molecule has 1 aromatic heterocycles. The van der Waals surface area contributed by atoms with Crippen molar-refractivity contribution in [1.29, 1.82) is 0 Å². The third-order valence-corrected chi connectivity index (χ3v) is 4.31. The summed E-state index contributed by atoms with van der Waals surface area (Å²) >= 11 is 0. The summed E-state index contributed by atoms with van der Waals surface area (Å²) in [6, 6.07) is 9.87. The van der Waals surface area contributed by atoms with Crippen LogP contribution in [0.5, 0.6) is 11.5 Å². The summed E-state index contributed by atoms with van der Waals surface area (Å²) in [6.45, 7) is 5.66. The Bertz CT molecular complexity index is 1100. The molecule has 27 heavy (non-hydrogen) atoms. The largest absolute Gasteiger partial charge is 0.508 e. The van der Waals surface area contributed by atoms with Crippen molar-refractivity contribution < 1.29 is 19.6 Å². The maximum absolute atomic E-state index is 12.6. The molecule has 7 heteroatoms. The second kappa shape index (κ2) is 6.95. The number of fused-ring (bicyclic) bond motifs is 1. The first-order valence-electron chi connectivity index (χ1n) is 8.15. The van der Waals surface area contributed by atoms with Crippen LogP contribution in [0.25, 0.3) is 11.0 Å². The van der Waals surface area contributed by atoms with E-state index in [1.807, 2.05) is 0 Å². The lowest BCUT2D eigenvalue weighted by atomic mass is 9.86. The van der Waals surface area contributed by atoms with Crippen LogP contribution in [-0.4, -0.2) is 15.1 Å². The van der Waals surface area contributed by atoms with E-state index >= 15 is 0 Å². The standard InChI is InChI=1S/C20H17NO6/c1-11(2)9-16(12-3-5-13(6-4-12)21(25)26)18-19(23)15-8-7-14(22)10-17(15)27-20(18)24/h3-8,10,16,22-23H,1,9H2,2H3. The summed E-state index contributed by atoms with van der Waals surface area (Å²) in [4.78, 5) is 23.0. The first kappa shape index (κ1) is 18.2. The van der Waals surface area contributed by atoms with E-state index in [0.29, 0.717) is 12.0 Å². The number of aromatic hydroxyl groups is 2. The number of hydrogen-bond acceptors (Lipinski definition) is 6. The average molecular weight is 367 g/mol. The highest BCUT2D eigenvalue weighted by molar-refractivity contribution is 5.85. The summed E-state index contributed by atoms with van der Waals surface area (Å²) in [5, 5.41) is 31.4. The van der Waals surface area contributed by atoms with Gasteiger partial charge in [0.1, 0.15) is 17.1 Å². The van der Waals surface area contributed by atoms with Crippen molar-refractivity contribution in [3.8, 4) is 11.5 Å². The van der Waals surface area contributed by atoms with Crippen LogP contribution in [0.3, 0.4) is 0 Å². The van der Waals surface area contributed by atoms with Gasteiger partial charge in [0.15, 0.2) is 0 Å². The molecule has 0 spiro atoms. The van der Waals surface area contributed by atoms with Crippen LogP contribution < -0.4 is 5.63 Å². The molecule has 138 valence electrons.